The molecule has 0 aliphatic rings. The zero-order valence-corrected chi connectivity index (χ0v) is 25.7. The molecule has 0 rings (SSSR count). The van der Waals surface area contributed by atoms with Gasteiger partial charge >= 0.3 is 11.9 Å². The minimum atomic E-state index is -1.03. The van der Waals surface area contributed by atoms with E-state index in [0.29, 0.717) is 12.8 Å². The molecule has 1 atom stereocenters. The average Bonchev–Trinajstić information content (AvgIpc) is 2.93. The topological polar surface area (TPSA) is 92.7 Å². The summed E-state index contributed by atoms with van der Waals surface area (Å²) < 4.78 is 5.73. The summed E-state index contributed by atoms with van der Waals surface area (Å²) in [6, 6.07) is 0. The van der Waals surface area contributed by atoms with Gasteiger partial charge in [0.1, 0.15) is 12.6 Å². The molecule has 230 valence electrons. The molecule has 0 aromatic heterocycles. The molecule has 40 heavy (non-hydrogen) atoms. The van der Waals surface area contributed by atoms with Gasteiger partial charge in [0.05, 0.1) is 0 Å². The number of carbonyl (C=O) groups is 3. The Balaban J connectivity index is 4.12. The number of aliphatic carboxylic acids is 1. The third kappa shape index (κ3) is 28.6. The Morgan fingerprint density at radius 1 is 0.675 bits per heavy atom. The summed E-state index contributed by atoms with van der Waals surface area (Å²) in [5.74, 6) is -1.40. The van der Waals surface area contributed by atoms with Crippen molar-refractivity contribution in [3.8, 4) is 0 Å². The van der Waals surface area contributed by atoms with Crippen LogP contribution in [0.2, 0.25) is 0 Å². The first kappa shape index (κ1) is 37.6. The Kier molecular flexibility index (Phi) is 27.9. The summed E-state index contributed by atoms with van der Waals surface area (Å²) >= 11 is 0. The Hall–Kier alpha value is -2.37. The second kappa shape index (κ2) is 29.6. The number of ether oxygens (including phenoxy) is 1. The van der Waals surface area contributed by atoms with Gasteiger partial charge in [0.2, 0.25) is 5.91 Å². The number of unbranched alkanes of at least 4 members (excludes halogenated alkanes) is 15. The quantitative estimate of drug-likeness (QED) is 0.0565. The molecule has 0 saturated carbocycles. The van der Waals surface area contributed by atoms with Gasteiger partial charge in [-0.25, -0.2) is 0 Å². The van der Waals surface area contributed by atoms with Crippen LogP contribution in [0.25, 0.3) is 0 Å². The molecule has 6 nitrogen and oxygen atoms in total. The fourth-order valence-electron chi connectivity index (χ4n) is 4.41. The van der Waals surface area contributed by atoms with E-state index < -0.39 is 5.97 Å². The van der Waals surface area contributed by atoms with Crippen molar-refractivity contribution in [2.45, 2.75) is 155 Å². The maximum Gasteiger partial charge on any atom is 0.322 e. The Morgan fingerprint density at radius 3 is 1.82 bits per heavy atom. The van der Waals surface area contributed by atoms with Crippen LogP contribution in [0.1, 0.15) is 149 Å². The van der Waals surface area contributed by atoms with E-state index in [2.05, 4.69) is 31.3 Å². The van der Waals surface area contributed by atoms with Gasteiger partial charge < -0.3 is 15.2 Å². The van der Waals surface area contributed by atoms with Crippen molar-refractivity contribution < 1.29 is 24.2 Å². The third-order valence-corrected chi connectivity index (χ3v) is 6.79. The number of rotatable bonds is 28. The van der Waals surface area contributed by atoms with E-state index in [0.717, 1.165) is 51.4 Å². The van der Waals surface area contributed by atoms with Crippen LogP contribution in [-0.2, 0) is 19.1 Å². The maximum atomic E-state index is 12.4. The third-order valence-electron chi connectivity index (χ3n) is 6.79. The number of amides is 1. The number of carboxylic acids is 1. The zero-order valence-electron chi connectivity index (χ0n) is 25.7. The van der Waals surface area contributed by atoms with E-state index in [1.807, 2.05) is 24.3 Å². The van der Waals surface area contributed by atoms with Gasteiger partial charge in [-0.2, -0.15) is 0 Å². The molecule has 0 aliphatic carbocycles. The average molecular weight is 562 g/mol. The Morgan fingerprint density at radius 2 is 1.23 bits per heavy atom. The molecule has 0 aliphatic heterocycles. The highest BCUT2D eigenvalue weighted by atomic mass is 16.5. The van der Waals surface area contributed by atoms with Gasteiger partial charge in [-0.3, -0.25) is 14.4 Å². The fourth-order valence-corrected chi connectivity index (χ4v) is 4.41. The van der Waals surface area contributed by atoms with Gasteiger partial charge in [-0.15, -0.1) is 0 Å². The van der Waals surface area contributed by atoms with Gasteiger partial charge in [0.25, 0.3) is 0 Å². The monoisotopic (exact) mass is 561 g/mol. The standard InChI is InChI=1S/C34H59NO5/c1-3-5-7-9-10-11-12-13-14-15-16-21-25-29-34(39)40-31(26-22-18-8-6-4-2)27-23-19-17-20-24-28-32(36)35-30-33(37)38/h6,8,22-23,26-27,31H,3-5,7,9-21,24-25,28-30H2,1-2H3,(H,35,36)(H,37,38)/b8-6-,26-22-,27-23-. The Bertz CT molecular complexity index is 713. The smallest absolute Gasteiger partial charge is 0.322 e. The lowest BCUT2D eigenvalue weighted by Gasteiger charge is -2.11. The SMILES string of the molecule is CC/C=C\C/C=C\C(/C=C\CCCCCC(=O)NCC(=O)O)OC(=O)CCCCCCCCCCCCCCC. The van der Waals surface area contributed by atoms with Crippen LogP contribution >= 0.6 is 0 Å². The molecule has 1 amide bonds. The lowest BCUT2D eigenvalue weighted by molar-refractivity contribution is -0.145. The number of hydrogen-bond acceptors (Lipinski definition) is 4. The number of carbonyl (C=O) groups excluding carboxylic acids is 2. The molecular weight excluding hydrogens is 502 g/mol. The predicted molar refractivity (Wildman–Crippen MR) is 166 cm³/mol. The van der Waals surface area contributed by atoms with Crippen molar-refractivity contribution in [3.63, 3.8) is 0 Å². The molecular formula is C34H59NO5. The molecule has 6 heteroatoms. The van der Waals surface area contributed by atoms with Crippen LogP contribution in [0.3, 0.4) is 0 Å². The lowest BCUT2D eigenvalue weighted by Crippen LogP contribution is -2.28. The van der Waals surface area contributed by atoms with E-state index in [4.69, 9.17) is 9.84 Å². The van der Waals surface area contributed by atoms with E-state index in [9.17, 15) is 14.4 Å². The molecule has 0 bridgehead atoms. The van der Waals surface area contributed by atoms with Crippen LogP contribution in [0.4, 0.5) is 0 Å². The largest absolute Gasteiger partial charge is 0.480 e. The molecule has 0 heterocycles. The number of carboxylic acid groups (broad SMARTS) is 1. The highest BCUT2D eigenvalue weighted by Crippen LogP contribution is 2.14. The number of hydrogen-bond donors (Lipinski definition) is 2. The van der Waals surface area contributed by atoms with Gasteiger partial charge in [-0.1, -0.05) is 122 Å². The summed E-state index contributed by atoms with van der Waals surface area (Å²) in [5.41, 5.74) is 0. The first-order valence-electron chi connectivity index (χ1n) is 16.2. The van der Waals surface area contributed by atoms with Crippen molar-refractivity contribution >= 4 is 17.8 Å². The van der Waals surface area contributed by atoms with Crippen LogP contribution < -0.4 is 5.32 Å². The predicted octanol–water partition coefficient (Wildman–Crippen LogP) is 9.00. The number of esters is 1. The van der Waals surface area contributed by atoms with Crippen molar-refractivity contribution in [2.75, 3.05) is 6.54 Å². The summed E-state index contributed by atoms with van der Waals surface area (Å²) in [7, 11) is 0. The molecule has 0 aromatic carbocycles. The first-order chi connectivity index (χ1) is 19.5. The summed E-state index contributed by atoms with van der Waals surface area (Å²) in [6.07, 6.45) is 34.5. The molecule has 0 aromatic rings. The minimum Gasteiger partial charge on any atom is -0.480 e. The molecule has 0 fully saturated rings. The van der Waals surface area contributed by atoms with E-state index in [1.165, 1.54) is 70.6 Å². The van der Waals surface area contributed by atoms with Crippen LogP contribution in [0.15, 0.2) is 36.5 Å². The molecule has 0 saturated heterocycles. The second-order valence-electron chi connectivity index (χ2n) is 10.7. The Labute approximate surface area is 245 Å². The van der Waals surface area contributed by atoms with Crippen molar-refractivity contribution in [1.82, 2.24) is 5.32 Å². The van der Waals surface area contributed by atoms with Crippen molar-refractivity contribution in [3.05, 3.63) is 36.5 Å². The summed E-state index contributed by atoms with van der Waals surface area (Å²) in [4.78, 5) is 34.5. The normalized spacial score (nSPS) is 12.4. The second-order valence-corrected chi connectivity index (χ2v) is 10.7. The van der Waals surface area contributed by atoms with Crippen LogP contribution in [0, 0.1) is 0 Å². The van der Waals surface area contributed by atoms with Crippen molar-refractivity contribution in [2.24, 2.45) is 0 Å². The van der Waals surface area contributed by atoms with E-state index in [-0.39, 0.29) is 24.5 Å². The highest BCUT2D eigenvalue weighted by molar-refractivity contribution is 5.80. The van der Waals surface area contributed by atoms with Crippen molar-refractivity contribution in [1.29, 1.82) is 0 Å². The number of allylic oxidation sites excluding steroid dienone is 4. The highest BCUT2D eigenvalue weighted by Gasteiger charge is 2.08. The lowest BCUT2D eigenvalue weighted by atomic mass is 10.0. The van der Waals surface area contributed by atoms with Crippen LogP contribution in [-0.4, -0.2) is 35.6 Å². The van der Waals surface area contributed by atoms with E-state index in [1.54, 1.807) is 0 Å². The fraction of sp³-hybridized carbons (Fsp3) is 0.735. The van der Waals surface area contributed by atoms with Gasteiger partial charge in [0, 0.05) is 12.8 Å². The first-order valence-corrected chi connectivity index (χ1v) is 16.2. The molecule has 2 N–H and O–H groups in total. The van der Waals surface area contributed by atoms with Crippen LogP contribution in [0.5, 0.6) is 0 Å². The summed E-state index contributed by atoms with van der Waals surface area (Å²) in [6.45, 7) is 4.03. The van der Waals surface area contributed by atoms with Gasteiger partial charge in [-0.05, 0) is 50.7 Å². The molecule has 0 radical (unpaired) electrons. The molecule has 0 spiro atoms. The maximum absolute atomic E-state index is 12.4. The minimum absolute atomic E-state index is 0.140. The zero-order chi connectivity index (χ0) is 29.5. The van der Waals surface area contributed by atoms with E-state index >= 15 is 0 Å². The summed E-state index contributed by atoms with van der Waals surface area (Å²) in [5, 5.41) is 11.0. The number of nitrogens with one attached hydrogen (secondary N) is 1. The molecule has 1 unspecified atom stereocenters. The van der Waals surface area contributed by atoms with Gasteiger partial charge in [0.15, 0.2) is 0 Å².